The molecule has 1 rings (SSSR count). The number of aliphatic hydroxyl groups is 3. The third-order valence-corrected chi connectivity index (χ3v) is 1.57. The van der Waals surface area contributed by atoms with E-state index in [9.17, 15) is 0 Å². The molecular weight excluding hydrogens is 138 g/mol. The Morgan fingerprint density at radius 1 is 1.20 bits per heavy atom. The Kier molecular flexibility index (Phi) is 2.22. The molecule has 0 radical (unpaired) electrons. The molecule has 5 nitrogen and oxygen atoms in total. The van der Waals surface area contributed by atoms with E-state index in [4.69, 9.17) is 21.1 Å². The van der Waals surface area contributed by atoms with Crippen LogP contribution in [0.15, 0.2) is 0 Å². The van der Waals surface area contributed by atoms with E-state index in [1.807, 2.05) is 0 Å². The molecule has 0 bridgehead atoms. The molecule has 4 atom stereocenters. The lowest BCUT2D eigenvalue weighted by Crippen LogP contribution is -2.35. The molecule has 0 unspecified atom stereocenters. The van der Waals surface area contributed by atoms with Gasteiger partial charge in [0.25, 0.3) is 0 Å². The van der Waals surface area contributed by atoms with Crippen molar-refractivity contribution in [3.05, 3.63) is 0 Å². The van der Waals surface area contributed by atoms with Crippen LogP contribution in [-0.4, -0.2) is 46.5 Å². The van der Waals surface area contributed by atoms with Crippen molar-refractivity contribution in [2.24, 2.45) is 5.73 Å². The van der Waals surface area contributed by atoms with Gasteiger partial charge in [0.15, 0.2) is 6.29 Å². The van der Waals surface area contributed by atoms with E-state index >= 15 is 0 Å². The Bertz CT molecular complexity index is 120. The second kappa shape index (κ2) is 2.81. The molecule has 1 saturated heterocycles. The Balaban J connectivity index is 2.53. The van der Waals surface area contributed by atoms with Gasteiger partial charge < -0.3 is 25.8 Å². The monoisotopic (exact) mass is 149 g/mol. The van der Waals surface area contributed by atoms with Gasteiger partial charge in [0.05, 0.1) is 0 Å². The summed E-state index contributed by atoms with van der Waals surface area (Å²) in [7, 11) is 0. The predicted octanol–water partition coefficient (Wildman–Crippen LogP) is -2.62. The Morgan fingerprint density at radius 3 is 2.00 bits per heavy atom. The molecular formula is C5H11NO4. The summed E-state index contributed by atoms with van der Waals surface area (Å²) in [6.07, 6.45) is -4.25. The van der Waals surface area contributed by atoms with Crippen LogP contribution < -0.4 is 5.73 Å². The maximum atomic E-state index is 9.01. The van der Waals surface area contributed by atoms with Crippen molar-refractivity contribution in [1.82, 2.24) is 0 Å². The lowest BCUT2D eigenvalue weighted by Gasteiger charge is -2.10. The number of nitrogens with two attached hydrogens (primary N) is 1. The Morgan fingerprint density at radius 2 is 1.80 bits per heavy atom. The minimum atomic E-state index is -1.30. The standard InChI is InChI=1S/C5H11NO4/c6-1-2-3(7)4(8)5(9)10-2/h2-5,7-9H,1,6H2/t2-,3-,4-,5-/m1/s1. The van der Waals surface area contributed by atoms with Crippen LogP contribution in [0.25, 0.3) is 0 Å². The number of hydrogen-bond donors (Lipinski definition) is 4. The first-order chi connectivity index (χ1) is 4.66. The van der Waals surface area contributed by atoms with Crippen LogP contribution in [0.1, 0.15) is 0 Å². The van der Waals surface area contributed by atoms with Crippen LogP contribution in [0.2, 0.25) is 0 Å². The fourth-order valence-electron chi connectivity index (χ4n) is 0.924. The first kappa shape index (κ1) is 7.90. The van der Waals surface area contributed by atoms with E-state index in [0.717, 1.165) is 0 Å². The van der Waals surface area contributed by atoms with Crippen molar-refractivity contribution in [2.45, 2.75) is 24.6 Å². The zero-order chi connectivity index (χ0) is 7.72. The predicted molar refractivity (Wildman–Crippen MR) is 31.9 cm³/mol. The largest absolute Gasteiger partial charge is 0.387 e. The first-order valence-electron chi connectivity index (χ1n) is 3.06. The lowest BCUT2D eigenvalue weighted by atomic mass is 10.1. The third kappa shape index (κ3) is 1.14. The molecule has 0 aromatic carbocycles. The van der Waals surface area contributed by atoms with Crippen molar-refractivity contribution in [2.75, 3.05) is 6.54 Å². The van der Waals surface area contributed by atoms with E-state index < -0.39 is 24.6 Å². The fourth-order valence-corrected chi connectivity index (χ4v) is 0.924. The summed E-state index contributed by atoms with van der Waals surface area (Å²) in [5.74, 6) is 0. The molecule has 5 heteroatoms. The normalized spacial score (nSPS) is 48.0. The van der Waals surface area contributed by atoms with E-state index in [1.54, 1.807) is 0 Å². The van der Waals surface area contributed by atoms with E-state index in [-0.39, 0.29) is 6.54 Å². The van der Waals surface area contributed by atoms with E-state index in [0.29, 0.717) is 0 Å². The van der Waals surface area contributed by atoms with Crippen molar-refractivity contribution in [1.29, 1.82) is 0 Å². The van der Waals surface area contributed by atoms with Crippen molar-refractivity contribution < 1.29 is 20.1 Å². The fraction of sp³-hybridized carbons (Fsp3) is 1.00. The zero-order valence-corrected chi connectivity index (χ0v) is 5.34. The number of rotatable bonds is 1. The third-order valence-electron chi connectivity index (χ3n) is 1.57. The van der Waals surface area contributed by atoms with Gasteiger partial charge >= 0.3 is 0 Å². The summed E-state index contributed by atoms with van der Waals surface area (Å²) in [4.78, 5) is 0. The second-order valence-corrected chi connectivity index (χ2v) is 2.28. The van der Waals surface area contributed by atoms with Gasteiger partial charge in [-0.1, -0.05) is 0 Å². The van der Waals surface area contributed by atoms with E-state index in [1.165, 1.54) is 0 Å². The van der Waals surface area contributed by atoms with Crippen molar-refractivity contribution >= 4 is 0 Å². The second-order valence-electron chi connectivity index (χ2n) is 2.28. The molecule has 10 heavy (non-hydrogen) atoms. The van der Waals surface area contributed by atoms with Crippen LogP contribution in [0.3, 0.4) is 0 Å². The molecule has 5 N–H and O–H groups in total. The summed E-state index contributed by atoms with van der Waals surface area (Å²) in [5.41, 5.74) is 5.14. The van der Waals surface area contributed by atoms with Gasteiger partial charge in [-0.2, -0.15) is 0 Å². The molecule has 0 amide bonds. The van der Waals surface area contributed by atoms with Gasteiger partial charge in [0.1, 0.15) is 18.3 Å². The first-order valence-corrected chi connectivity index (χ1v) is 3.06. The highest BCUT2D eigenvalue weighted by molar-refractivity contribution is 4.85. The lowest BCUT2D eigenvalue weighted by molar-refractivity contribution is -0.125. The van der Waals surface area contributed by atoms with Gasteiger partial charge in [-0.3, -0.25) is 0 Å². The van der Waals surface area contributed by atoms with Crippen LogP contribution in [-0.2, 0) is 4.74 Å². The van der Waals surface area contributed by atoms with Crippen LogP contribution >= 0.6 is 0 Å². The molecule has 1 aliphatic rings. The quantitative estimate of drug-likeness (QED) is 0.327. The summed E-state index contributed by atoms with van der Waals surface area (Å²) in [5, 5.41) is 26.7. The minimum absolute atomic E-state index is 0.0925. The Hall–Kier alpha value is -0.200. The molecule has 0 aromatic heterocycles. The molecule has 0 aliphatic carbocycles. The Labute approximate surface area is 58.0 Å². The van der Waals surface area contributed by atoms with Gasteiger partial charge in [-0.05, 0) is 0 Å². The summed E-state index contributed by atoms with van der Waals surface area (Å²) >= 11 is 0. The molecule has 0 aromatic rings. The summed E-state index contributed by atoms with van der Waals surface area (Å²) < 4.78 is 4.67. The van der Waals surface area contributed by atoms with E-state index in [2.05, 4.69) is 4.74 Å². The van der Waals surface area contributed by atoms with Crippen molar-refractivity contribution in [3.8, 4) is 0 Å². The van der Waals surface area contributed by atoms with Crippen LogP contribution in [0.4, 0.5) is 0 Å². The molecule has 1 aliphatic heterocycles. The van der Waals surface area contributed by atoms with Crippen LogP contribution in [0, 0.1) is 0 Å². The highest BCUT2D eigenvalue weighted by Crippen LogP contribution is 2.17. The van der Waals surface area contributed by atoms with Gasteiger partial charge in [-0.25, -0.2) is 0 Å². The number of ether oxygens (including phenoxy) is 1. The smallest absolute Gasteiger partial charge is 0.184 e. The zero-order valence-electron chi connectivity index (χ0n) is 5.34. The number of hydrogen-bond acceptors (Lipinski definition) is 5. The minimum Gasteiger partial charge on any atom is -0.387 e. The molecule has 60 valence electrons. The highest BCUT2D eigenvalue weighted by atomic mass is 16.6. The highest BCUT2D eigenvalue weighted by Gasteiger charge is 2.40. The van der Waals surface area contributed by atoms with Gasteiger partial charge in [0.2, 0.25) is 0 Å². The molecule has 0 spiro atoms. The molecule has 1 heterocycles. The average molecular weight is 149 g/mol. The maximum Gasteiger partial charge on any atom is 0.184 e. The molecule has 1 fully saturated rings. The summed E-state index contributed by atoms with van der Waals surface area (Å²) in [6, 6.07) is 0. The number of aliphatic hydroxyl groups excluding tert-OH is 3. The topological polar surface area (TPSA) is 95.9 Å². The molecule has 0 saturated carbocycles. The van der Waals surface area contributed by atoms with Gasteiger partial charge in [0, 0.05) is 6.54 Å². The van der Waals surface area contributed by atoms with Gasteiger partial charge in [-0.15, -0.1) is 0 Å². The SMILES string of the molecule is NC[C@H]1O[C@@H](O)[C@H](O)[C@@H]1O. The summed E-state index contributed by atoms with van der Waals surface area (Å²) in [6.45, 7) is 0.0925. The van der Waals surface area contributed by atoms with Crippen molar-refractivity contribution in [3.63, 3.8) is 0 Å². The van der Waals surface area contributed by atoms with Crippen LogP contribution in [0.5, 0.6) is 0 Å². The maximum absolute atomic E-state index is 9.01. The average Bonchev–Trinajstić information content (AvgIpc) is 2.17.